The van der Waals surface area contributed by atoms with Crippen molar-refractivity contribution < 1.29 is 9.53 Å². The number of benzene rings is 1. The van der Waals surface area contributed by atoms with Gasteiger partial charge in [0.1, 0.15) is 5.60 Å². The Morgan fingerprint density at radius 2 is 2.04 bits per heavy atom. The van der Waals surface area contributed by atoms with Gasteiger partial charge >= 0.3 is 6.09 Å². The van der Waals surface area contributed by atoms with E-state index in [2.05, 4.69) is 18.3 Å². The SMILES string of the molecule is CC(NCC1=CCN(C(=O)OC(C)(C)C)CC1)c1ccc(Cl)c(Cl)c1. The first-order valence-electron chi connectivity index (χ1n) is 8.50. The molecule has 1 unspecified atom stereocenters. The fraction of sp³-hybridized carbons (Fsp3) is 0.526. The molecule has 0 aromatic heterocycles. The fourth-order valence-corrected chi connectivity index (χ4v) is 2.85. The molecule has 0 saturated heterocycles. The Hall–Kier alpha value is -1.23. The van der Waals surface area contributed by atoms with Crippen molar-refractivity contribution in [3.63, 3.8) is 0 Å². The molecule has 138 valence electrons. The van der Waals surface area contributed by atoms with E-state index in [1.54, 1.807) is 4.90 Å². The van der Waals surface area contributed by atoms with Crippen LogP contribution < -0.4 is 5.32 Å². The van der Waals surface area contributed by atoms with Gasteiger partial charge in [0.15, 0.2) is 0 Å². The summed E-state index contributed by atoms with van der Waals surface area (Å²) in [6.45, 7) is 9.79. The molecule has 0 fully saturated rings. The summed E-state index contributed by atoms with van der Waals surface area (Å²) in [4.78, 5) is 13.8. The standard InChI is InChI=1S/C19H26Cl2N2O2/c1-13(15-5-6-16(20)17(21)11-15)22-12-14-7-9-23(10-8-14)18(24)25-19(2,3)4/h5-7,11,13,22H,8-10,12H2,1-4H3. The number of carbonyl (C=O) groups is 1. The first kappa shape index (κ1) is 20.1. The third-order valence-electron chi connectivity index (χ3n) is 4.03. The average molecular weight is 385 g/mol. The molecule has 1 amide bonds. The maximum absolute atomic E-state index is 12.1. The molecule has 4 nitrogen and oxygen atoms in total. The molecule has 6 heteroatoms. The van der Waals surface area contributed by atoms with Gasteiger partial charge in [-0.2, -0.15) is 0 Å². The summed E-state index contributed by atoms with van der Waals surface area (Å²) >= 11 is 12.0. The van der Waals surface area contributed by atoms with E-state index in [9.17, 15) is 4.79 Å². The van der Waals surface area contributed by atoms with E-state index in [0.717, 1.165) is 18.5 Å². The van der Waals surface area contributed by atoms with Crippen molar-refractivity contribution in [2.45, 2.75) is 45.8 Å². The summed E-state index contributed by atoms with van der Waals surface area (Å²) < 4.78 is 5.41. The highest BCUT2D eigenvalue weighted by atomic mass is 35.5. The number of nitrogens with one attached hydrogen (secondary N) is 1. The molecule has 25 heavy (non-hydrogen) atoms. The first-order chi connectivity index (χ1) is 11.7. The summed E-state index contributed by atoms with van der Waals surface area (Å²) in [6.07, 6.45) is 2.70. The summed E-state index contributed by atoms with van der Waals surface area (Å²) in [7, 11) is 0. The van der Waals surface area contributed by atoms with Gasteiger partial charge in [0, 0.05) is 25.7 Å². The molecule has 1 aliphatic rings. The maximum Gasteiger partial charge on any atom is 0.410 e. The molecule has 1 atom stereocenters. The molecule has 1 heterocycles. The zero-order valence-electron chi connectivity index (χ0n) is 15.2. The van der Waals surface area contributed by atoms with Crippen molar-refractivity contribution >= 4 is 29.3 Å². The van der Waals surface area contributed by atoms with Crippen LogP contribution in [0.4, 0.5) is 4.79 Å². The minimum Gasteiger partial charge on any atom is -0.444 e. The van der Waals surface area contributed by atoms with Gasteiger partial charge in [-0.05, 0) is 51.8 Å². The van der Waals surface area contributed by atoms with Crippen LogP contribution in [0.15, 0.2) is 29.8 Å². The number of rotatable bonds is 4. The number of hydrogen-bond donors (Lipinski definition) is 1. The number of halogens is 2. The van der Waals surface area contributed by atoms with Gasteiger partial charge in [-0.1, -0.05) is 40.9 Å². The molecular weight excluding hydrogens is 359 g/mol. The van der Waals surface area contributed by atoms with E-state index in [4.69, 9.17) is 27.9 Å². The van der Waals surface area contributed by atoms with E-state index in [1.165, 1.54) is 5.57 Å². The second kappa shape index (κ2) is 8.43. The van der Waals surface area contributed by atoms with Crippen molar-refractivity contribution in [3.8, 4) is 0 Å². The number of amides is 1. The van der Waals surface area contributed by atoms with Gasteiger partial charge < -0.3 is 15.0 Å². The van der Waals surface area contributed by atoms with Crippen molar-refractivity contribution in [1.29, 1.82) is 0 Å². The zero-order chi connectivity index (χ0) is 18.6. The van der Waals surface area contributed by atoms with Crippen LogP contribution in [-0.2, 0) is 4.74 Å². The minimum atomic E-state index is -0.460. The molecule has 0 bridgehead atoms. The predicted molar refractivity (Wildman–Crippen MR) is 103 cm³/mol. The van der Waals surface area contributed by atoms with Crippen LogP contribution in [0.3, 0.4) is 0 Å². The zero-order valence-corrected chi connectivity index (χ0v) is 16.7. The summed E-state index contributed by atoms with van der Waals surface area (Å²) in [6, 6.07) is 5.85. The van der Waals surface area contributed by atoms with E-state index >= 15 is 0 Å². The van der Waals surface area contributed by atoms with Gasteiger partial charge in [0.2, 0.25) is 0 Å². The molecule has 1 N–H and O–H groups in total. The number of hydrogen-bond acceptors (Lipinski definition) is 3. The molecule has 1 aliphatic heterocycles. The van der Waals surface area contributed by atoms with E-state index < -0.39 is 5.60 Å². The van der Waals surface area contributed by atoms with Gasteiger partial charge in [-0.3, -0.25) is 0 Å². The fourth-order valence-electron chi connectivity index (χ4n) is 2.55. The molecule has 0 aliphatic carbocycles. The molecule has 0 spiro atoms. The van der Waals surface area contributed by atoms with E-state index in [0.29, 0.717) is 23.1 Å². The highest BCUT2D eigenvalue weighted by Gasteiger charge is 2.23. The summed E-state index contributed by atoms with van der Waals surface area (Å²) in [5.41, 5.74) is 1.94. The van der Waals surface area contributed by atoms with Crippen LogP contribution >= 0.6 is 23.2 Å². The topological polar surface area (TPSA) is 41.6 Å². The Morgan fingerprint density at radius 3 is 2.60 bits per heavy atom. The smallest absolute Gasteiger partial charge is 0.410 e. The third kappa shape index (κ3) is 6.21. The monoisotopic (exact) mass is 384 g/mol. The third-order valence-corrected chi connectivity index (χ3v) is 4.77. The van der Waals surface area contributed by atoms with Crippen LogP contribution in [0, 0.1) is 0 Å². The Labute approximate surface area is 160 Å². The van der Waals surface area contributed by atoms with E-state index in [-0.39, 0.29) is 12.1 Å². The van der Waals surface area contributed by atoms with Crippen molar-refractivity contribution in [2.24, 2.45) is 0 Å². The Kier molecular flexibility index (Phi) is 6.78. The highest BCUT2D eigenvalue weighted by molar-refractivity contribution is 6.42. The predicted octanol–water partition coefficient (Wildman–Crippen LogP) is 5.21. The lowest BCUT2D eigenvalue weighted by Gasteiger charge is -2.30. The lowest BCUT2D eigenvalue weighted by Crippen LogP contribution is -2.40. The summed E-state index contributed by atoms with van der Waals surface area (Å²) in [5, 5.41) is 4.62. The average Bonchev–Trinajstić information content (AvgIpc) is 2.54. The molecule has 1 aromatic rings. The van der Waals surface area contributed by atoms with Crippen molar-refractivity contribution in [1.82, 2.24) is 10.2 Å². The lowest BCUT2D eigenvalue weighted by molar-refractivity contribution is 0.0265. The van der Waals surface area contributed by atoms with Crippen LogP contribution in [0.5, 0.6) is 0 Å². The minimum absolute atomic E-state index is 0.166. The molecule has 0 radical (unpaired) electrons. The largest absolute Gasteiger partial charge is 0.444 e. The second-order valence-electron chi connectivity index (χ2n) is 7.31. The number of nitrogens with zero attached hydrogens (tertiary/aromatic N) is 1. The van der Waals surface area contributed by atoms with Crippen LogP contribution in [0.1, 0.15) is 45.7 Å². The van der Waals surface area contributed by atoms with Crippen molar-refractivity contribution in [2.75, 3.05) is 19.6 Å². The normalized spacial score (nSPS) is 16.4. The van der Waals surface area contributed by atoms with Crippen molar-refractivity contribution in [3.05, 3.63) is 45.5 Å². The van der Waals surface area contributed by atoms with Crippen LogP contribution in [0.25, 0.3) is 0 Å². The number of carbonyl (C=O) groups excluding carboxylic acids is 1. The van der Waals surface area contributed by atoms with E-state index in [1.807, 2.05) is 39.0 Å². The molecule has 2 rings (SSSR count). The molecule has 0 saturated carbocycles. The Bertz CT molecular complexity index is 653. The number of ether oxygens (including phenoxy) is 1. The highest BCUT2D eigenvalue weighted by Crippen LogP contribution is 2.25. The van der Waals surface area contributed by atoms with Crippen LogP contribution in [0.2, 0.25) is 10.0 Å². The molecule has 1 aromatic carbocycles. The molecular formula is C19H26Cl2N2O2. The Balaban J connectivity index is 1.84. The lowest BCUT2D eigenvalue weighted by atomic mass is 10.1. The second-order valence-corrected chi connectivity index (χ2v) is 8.13. The maximum atomic E-state index is 12.1. The van der Waals surface area contributed by atoms with Gasteiger partial charge in [0.05, 0.1) is 10.0 Å². The van der Waals surface area contributed by atoms with Gasteiger partial charge in [-0.25, -0.2) is 4.79 Å². The van der Waals surface area contributed by atoms with Gasteiger partial charge in [-0.15, -0.1) is 0 Å². The first-order valence-corrected chi connectivity index (χ1v) is 9.25. The summed E-state index contributed by atoms with van der Waals surface area (Å²) in [5.74, 6) is 0. The Morgan fingerprint density at radius 1 is 1.32 bits per heavy atom. The van der Waals surface area contributed by atoms with Crippen LogP contribution in [-0.4, -0.2) is 36.2 Å². The quantitative estimate of drug-likeness (QED) is 0.724. The van der Waals surface area contributed by atoms with Gasteiger partial charge in [0.25, 0.3) is 0 Å².